The third kappa shape index (κ3) is 4.12. The van der Waals surface area contributed by atoms with Crippen LogP contribution in [0, 0.1) is 0 Å². The number of carbonyl (C=O) groups is 1. The number of nitrogens with one attached hydrogen (secondary N) is 1. The van der Waals surface area contributed by atoms with Gasteiger partial charge in [0.2, 0.25) is 0 Å². The first kappa shape index (κ1) is 23.4. The molecule has 0 saturated heterocycles. The number of aryl methyl sites for hydroxylation is 1. The predicted octanol–water partition coefficient (Wildman–Crippen LogP) is 2.04. The van der Waals surface area contributed by atoms with Gasteiger partial charge < -0.3 is 10.1 Å². The second kappa shape index (κ2) is 8.52. The Bertz CT molecular complexity index is 1470. The van der Waals surface area contributed by atoms with Gasteiger partial charge in [-0.05, 0) is 39.0 Å². The molecule has 0 aromatic carbocycles. The molecule has 4 rings (SSSR count). The van der Waals surface area contributed by atoms with Crippen molar-refractivity contribution in [2.45, 2.75) is 37.0 Å². The summed E-state index contributed by atoms with van der Waals surface area (Å²) in [4.78, 5) is 17.1. The molecule has 0 aliphatic rings. The lowest BCUT2D eigenvalue weighted by Crippen LogP contribution is -2.28. The summed E-state index contributed by atoms with van der Waals surface area (Å²) in [6.45, 7) is 5.11. The molecule has 0 aliphatic heterocycles. The van der Waals surface area contributed by atoms with E-state index in [1.54, 1.807) is 68.9 Å². The maximum absolute atomic E-state index is 13.2. The van der Waals surface area contributed by atoms with Crippen LogP contribution in [0.1, 0.15) is 37.0 Å². The third-order valence-corrected chi connectivity index (χ3v) is 7.82. The maximum atomic E-state index is 13.2. The van der Waals surface area contributed by atoms with Gasteiger partial charge >= 0.3 is 0 Å². The summed E-state index contributed by atoms with van der Waals surface area (Å²) in [6, 6.07) is 6.69. The Hall–Kier alpha value is -3.80. The molecule has 0 radical (unpaired) electrons. The van der Waals surface area contributed by atoms with Gasteiger partial charge in [0.05, 0.1) is 36.0 Å². The van der Waals surface area contributed by atoms with Crippen molar-refractivity contribution in [1.82, 2.24) is 34.7 Å². The van der Waals surface area contributed by atoms with E-state index in [0.29, 0.717) is 28.4 Å². The molecular formula is C22H25N7O4S. The van der Waals surface area contributed by atoms with Crippen LogP contribution in [0.25, 0.3) is 17.0 Å². The van der Waals surface area contributed by atoms with Gasteiger partial charge in [0.25, 0.3) is 5.91 Å². The van der Waals surface area contributed by atoms with Gasteiger partial charge in [-0.3, -0.25) is 13.9 Å². The maximum Gasteiger partial charge on any atom is 0.269 e. The highest BCUT2D eigenvalue weighted by Crippen LogP contribution is 2.34. The fraction of sp³-hybridized carbons (Fsp3) is 0.318. The zero-order valence-electron chi connectivity index (χ0n) is 19.5. The average Bonchev–Trinajstić information content (AvgIpc) is 3.39. The number of pyridine rings is 1. The van der Waals surface area contributed by atoms with Crippen LogP contribution in [0.4, 0.5) is 0 Å². The Labute approximate surface area is 196 Å². The quantitative estimate of drug-likeness (QED) is 0.440. The number of amides is 1. The zero-order valence-corrected chi connectivity index (χ0v) is 20.3. The first-order chi connectivity index (χ1) is 16.0. The van der Waals surface area contributed by atoms with Crippen molar-refractivity contribution in [3.8, 4) is 17.1 Å². The Morgan fingerprint density at radius 3 is 2.65 bits per heavy atom. The van der Waals surface area contributed by atoms with Gasteiger partial charge in [0.1, 0.15) is 27.7 Å². The van der Waals surface area contributed by atoms with Crippen molar-refractivity contribution < 1.29 is 17.9 Å². The van der Waals surface area contributed by atoms with Gasteiger partial charge in [0.15, 0.2) is 9.84 Å². The summed E-state index contributed by atoms with van der Waals surface area (Å²) in [5, 5.41) is 15.0. The van der Waals surface area contributed by atoms with Crippen molar-refractivity contribution in [1.29, 1.82) is 0 Å². The normalized spacial score (nSPS) is 12.1. The smallest absolute Gasteiger partial charge is 0.269 e. The van der Waals surface area contributed by atoms with Gasteiger partial charge in [-0.25, -0.2) is 13.4 Å². The van der Waals surface area contributed by atoms with Crippen molar-refractivity contribution in [3.05, 3.63) is 54.2 Å². The lowest BCUT2D eigenvalue weighted by atomic mass is 10.2. The molecule has 0 saturated carbocycles. The predicted molar refractivity (Wildman–Crippen MR) is 124 cm³/mol. The minimum atomic E-state index is -3.71. The molecule has 12 heteroatoms. The van der Waals surface area contributed by atoms with Gasteiger partial charge in [0, 0.05) is 25.5 Å². The van der Waals surface area contributed by atoms with Crippen molar-refractivity contribution in [2.24, 2.45) is 7.05 Å². The van der Waals surface area contributed by atoms with E-state index in [1.807, 2.05) is 0 Å². The van der Waals surface area contributed by atoms with E-state index >= 15 is 0 Å². The molecule has 0 fully saturated rings. The number of methoxy groups -OCH3 is 1. The number of ether oxygens (including phenoxy) is 1. The molecule has 0 aliphatic carbocycles. The van der Waals surface area contributed by atoms with Crippen LogP contribution < -0.4 is 10.1 Å². The van der Waals surface area contributed by atoms with E-state index in [2.05, 4.69) is 25.6 Å². The summed E-state index contributed by atoms with van der Waals surface area (Å²) < 4.78 is 33.8. The van der Waals surface area contributed by atoms with Crippen LogP contribution in [-0.4, -0.2) is 55.5 Å². The van der Waals surface area contributed by atoms with E-state index in [-0.39, 0.29) is 23.1 Å². The molecule has 0 atom stereocenters. The van der Waals surface area contributed by atoms with Crippen LogP contribution in [-0.2, 0) is 23.4 Å². The standard InChI is InChI=1S/C22H25N7O4S/c1-22(2,3)34(31,32)19-13-29-17(12-23-20(29)10-18(19)33-5)15-9-16(28(4)27-15)21(30)24-11-14-7-6-8-25-26-14/h6-10,12-13H,11H2,1-5H3,(H,24,30). The van der Waals surface area contributed by atoms with E-state index in [1.165, 1.54) is 18.0 Å². The minimum Gasteiger partial charge on any atom is -0.495 e. The number of hydrogen-bond acceptors (Lipinski definition) is 8. The topological polar surface area (TPSA) is 133 Å². The van der Waals surface area contributed by atoms with Crippen LogP contribution >= 0.6 is 0 Å². The van der Waals surface area contributed by atoms with E-state index in [4.69, 9.17) is 4.74 Å². The molecule has 4 aromatic heterocycles. The Morgan fingerprint density at radius 2 is 2.00 bits per heavy atom. The molecule has 0 unspecified atom stereocenters. The van der Waals surface area contributed by atoms with Crippen molar-refractivity contribution in [2.75, 3.05) is 7.11 Å². The first-order valence-electron chi connectivity index (χ1n) is 10.4. The van der Waals surface area contributed by atoms with Crippen LogP contribution in [0.2, 0.25) is 0 Å². The fourth-order valence-corrected chi connectivity index (χ4v) is 4.67. The number of imidazole rings is 1. The number of rotatable bonds is 6. The van der Waals surface area contributed by atoms with E-state index in [9.17, 15) is 13.2 Å². The number of carbonyl (C=O) groups excluding carboxylic acids is 1. The van der Waals surface area contributed by atoms with Gasteiger partial charge in [-0.15, -0.1) is 0 Å². The fourth-order valence-electron chi connectivity index (χ4n) is 3.36. The van der Waals surface area contributed by atoms with Crippen LogP contribution in [0.5, 0.6) is 5.75 Å². The number of fused-ring (bicyclic) bond motifs is 1. The number of hydrogen-bond donors (Lipinski definition) is 1. The summed E-state index contributed by atoms with van der Waals surface area (Å²) in [6.07, 6.45) is 4.62. The molecule has 11 nitrogen and oxygen atoms in total. The lowest BCUT2D eigenvalue weighted by molar-refractivity contribution is 0.0941. The summed E-state index contributed by atoms with van der Waals surface area (Å²) in [5.74, 6) is -0.122. The molecule has 4 aromatic rings. The van der Waals surface area contributed by atoms with Crippen molar-refractivity contribution in [3.63, 3.8) is 0 Å². The number of sulfone groups is 1. The molecule has 0 bridgehead atoms. The molecule has 1 amide bonds. The Balaban J connectivity index is 1.72. The molecule has 4 heterocycles. The summed E-state index contributed by atoms with van der Waals surface area (Å²) in [7, 11) is -0.638. The molecular weight excluding hydrogens is 458 g/mol. The van der Waals surface area contributed by atoms with Gasteiger partial charge in [-0.2, -0.15) is 15.3 Å². The summed E-state index contributed by atoms with van der Waals surface area (Å²) >= 11 is 0. The molecule has 1 N–H and O–H groups in total. The third-order valence-electron chi connectivity index (χ3n) is 5.32. The number of aromatic nitrogens is 6. The van der Waals surface area contributed by atoms with Crippen LogP contribution in [0.15, 0.2) is 47.8 Å². The highest BCUT2D eigenvalue weighted by atomic mass is 32.2. The Kier molecular flexibility index (Phi) is 5.86. The lowest BCUT2D eigenvalue weighted by Gasteiger charge is -2.21. The molecule has 34 heavy (non-hydrogen) atoms. The second-order valence-corrected chi connectivity index (χ2v) is 11.3. The Morgan fingerprint density at radius 1 is 1.24 bits per heavy atom. The minimum absolute atomic E-state index is 0.0483. The van der Waals surface area contributed by atoms with E-state index < -0.39 is 14.6 Å². The van der Waals surface area contributed by atoms with Crippen molar-refractivity contribution >= 4 is 21.4 Å². The van der Waals surface area contributed by atoms with Crippen LogP contribution in [0.3, 0.4) is 0 Å². The highest BCUT2D eigenvalue weighted by molar-refractivity contribution is 7.92. The highest BCUT2D eigenvalue weighted by Gasteiger charge is 2.34. The first-order valence-corrected chi connectivity index (χ1v) is 11.9. The molecule has 0 spiro atoms. The van der Waals surface area contributed by atoms with Gasteiger partial charge in [-0.1, -0.05) is 0 Å². The monoisotopic (exact) mass is 483 g/mol. The number of nitrogens with zero attached hydrogens (tertiary/aromatic N) is 6. The SMILES string of the molecule is COc1cc2ncc(-c3cc(C(=O)NCc4cccnn4)n(C)n3)n2cc1S(=O)(=O)C(C)(C)C. The van der Waals surface area contributed by atoms with E-state index in [0.717, 1.165) is 0 Å². The zero-order chi connectivity index (χ0) is 24.7. The second-order valence-electron chi connectivity index (χ2n) is 8.63. The summed E-state index contributed by atoms with van der Waals surface area (Å²) in [5.41, 5.74) is 2.43. The largest absolute Gasteiger partial charge is 0.495 e. The average molecular weight is 484 g/mol. The molecule has 178 valence electrons.